The van der Waals surface area contributed by atoms with Gasteiger partial charge in [-0.25, -0.2) is 0 Å². The number of terminal acetylenes is 1. The van der Waals surface area contributed by atoms with Crippen LogP contribution in [0, 0.1) is 28.6 Å². The van der Waals surface area contributed by atoms with Gasteiger partial charge in [-0.15, -0.1) is 12.3 Å². The predicted octanol–water partition coefficient (Wildman–Crippen LogP) is 10.2. The van der Waals surface area contributed by atoms with Gasteiger partial charge < -0.3 is 4.90 Å². The quantitative estimate of drug-likeness (QED) is 0.286. The standard InChI is InChI=1S/C20H37NOS.C4H10.C3H4.2C2H6/c1-14-13-15(23)16(22)21(14)19(7,8)12-11-18(5,6)20(9,10)17(2,3)4;1-3-4-2;1-3-2;2*1-2/h15,23H,1,11-13H2,2-10H3;3-4H2,1-2H3;1H,2H3;2*1-2H3. The molecule has 34 heavy (non-hydrogen) atoms. The van der Waals surface area contributed by atoms with Crippen LogP contribution < -0.4 is 0 Å². The first-order chi connectivity index (χ1) is 15.4. The number of carbonyl (C=O) groups is 1. The van der Waals surface area contributed by atoms with Gasteiger partial charge in [-0.1, -0.05) is 109 Å². The van der Waals surface area contributed by atoms with Crippen LogP contribution in [0.4, 0.5) is 0 Å². The third-order valence-electron chi connectivity index (χ3n) is 7.28. The summed E-state index contributed by atoms with van der Waals surface area (Å²) in [6.45, 7) is 38.8. The molecule has 1 saturated heterocycles. The minimum atomic E-state index is -0.221. The molecule has 1 heterocycles. The van der Waals surface area contributed by atoms with Crippen molar-refractivity contribution < 1.29 is 4.79 Å². The first-order valence-electron chi connectivity index (χ1n) is 13.4. The highest BCUT2D eigenvalue weighted by molar-refractivity contribution is 7.81. The first kappa shape index (κ1) is 40.3. The Balaban J connectivity index is -0.000000348. The Morgan fingerprint density at radius 1 is 0.941 bits per heavy atom. The van der Waals surface area contributed by atoms with Crippen LogP contribution in [-0.4, -0.2) is 21.6 Å². The van der Waals surface area contributed by atoms with Crippen LogP contribution >= 0.6 is 12.6 Å². The van der Waals surface area contributed by atoms with Crippen molar-refractivity contribution in [3.63, 3.8) is 0 Å². The van der Waals surface area contributed by atoms with Gasteiger partial charge >= 0.3 is 0 Å². The summed E-state index contributed by atoms with van der Waals surface area (Å²) in [4.78, 5) is 14.3. The van der Waals surface area contributed by atoms with Gasteiger partial charge in [0, 0.05) is 17.7 Å². The van der Waals surface area contributed by atoms with Gasteiger partial charge in [0.1, 0.15) is 0 Å². The molecule has 0 aromatic rings. The maximum Gasteiger partial charge on any atom is 0.240 e. The molecule has 0 saturated carbocycles. The summed E-state index contributed by atoms with van der Waals surface area (Å²) in [6.07, 6.45) is 9.94. The molecule has 1 unspecified atom stereocenters. The van der Waals surface area contributed by atoms with Crippen molar-refractivity contribution in [1.29, 1.82) is 0 Å². The zero-order chi connectivity index (χ0) is 28.6. The molecule has 204 valence electrons. The summed E-state index contributed by atoms with van der Waals surface area (Å²) in [5, 5.41) is -0.221. The lowest BCUT2D eigenvalue weighted by atomic mass is 9.54. The van der Waals surface area contributed by atoms with Crippen LogP contribution in [0.25, 0.3) is 0 Å². The molecule has 3 heteroatoms. The number of hydrogen-bond donors (Lipinski definition) is 1. The van der Waals surface area contributed by atoms with Gasteiger partial charge in [0.05, 0.1) is 5.25 Å². The van der Waals surface area contributed by atoms with Gasteiger partial charge in [0.15, 0.2) is 0 Å². The van der Waals surface area contributed by atoms with Crippen LogP contribution in [0.1, 0.15) is 143 Å². The summed E-state index contributed by atoms with van der Waals surface area (Å²) < 4.78 is 0. The highest BCUT2D eigenvalue weighted by Gasteiger charge is 2.47. The van der Waals surface area contributed by atoms with Crippen molar-refractivity contribution in [2.45, 2.75) is 154 Å². The van der Waals surface area contributed by atoms with Crippen molar-refractivity contribution >= 4 is 18.5 Å². The van der Waals surface area contributed by atoms with Crippen LogP contribution in [-0.2, 0) is 4.79 Å². The zero-order valence-electron chi connectivity index (χ0n) is 26.2. The summed E-state index contributed by atoms with van der Waals surface area (Å²) >= 11 is 4.39. The van der Waals surface area contributed by atoms with Gasteiger partial charge in [0.2, 0.25) is 5.91 Å². The number of hydrogen-bond acceptors (Lipinski definition) is 2. The van der Waals surface area contributed by atoms with E-state index in [0.717, 1.165) is 18.5 Å². The Labute approximate surface area is 222 Å². The van der Waals surface area contributed by atoms with E-state index in [-0.39, 0.29) is 32.9 Å². The van der Waals surface area contributed by atoms with E-state index in [1.807, 2.05) is 32.6 Å². The molecule has 1 fully saturated rings. The van der Waals surface area contributed by atoms with Crippen molar-refractivity contribution in [3.8, 4) is 12.3 Å². The molecule has 0 bridgehead atoms. The number of likely N-dealkylation sites (tertiary alicyclic amines) is 1. The summed E-state index contributed by atoms with van der Waals surface area (Å²) in [5.74, 6) is 2.36. The third kappa shape index (κ3) is 12.7. The number of carbonyl (C=O) groups excluding carboxylic acids is 1. The molecule has 1 amide bonds. The molecule has 1 atom stereocenters. The van der Waals surface area contributed by atoms with Gasteiger partial charge in [-0.2, -0.15) is 12.6 Å². The lowest BCUT2D eigenvalue weighted by molar-refractivity contribution is -0.130. The average Bonchev–Trinajstić information content (AvgIpc) is 3.01. The lowest BCUT2D eigenvalue weighted by Crippen LogP contribution is -2.48. The normalized spacial score (nSPS) is 15.9. The molecular formula is C31H63NOS. The van der Waals surface area contributed by atoms with Crippen molar-refractivity contribution in [2.24, 2.45) is 16.2 Å². The Morgan fingerprint density at radius 2 is 1.29 bits per heavy atom. The largest absolute Gasteiger partial charge is 0.310 e. The number of amides is 1. The molecule has 0 N–H and O–H groups in total. The van der Waals surface area contributed by atoms with Gasteiger partial charge in [-0.05, 0) is 49.9 Å². The van der Waals surface area contributed by atoms with Crippen LogP contribution in [0.5, 0.6) is 0 Å². The van der Waals surface area contributed by atoms with Crippen LogP contribution in [0.2, 0.25) is 0 Å². The zero-order valence-corrected chi connectivity index (χ0v) is 27.1. The molecule has 0 spiro atoms. The molecule has 2 nitrogen and oxygen atoms in total. The Bertz CT molecular complexity index is 586. The molecule has 1 aliphatic rings. The number of allylic oxidation sites excluding steroid dienone is 1. The van der Waals surface area contributed by atoms with Crippen LogP contribution in [0.3, 0.4) is 0 Å². The predicted molar refractivity (Wildman–Crippen MR) is 161 cm³/mol. The average molecular weight is 498 g/mol. The van der Waals surface area contributed by atoms with E-state index in [1.54, 1.807) is 6.92 Å². The van der Waals surface area contributed by atoms with E-state index in [0.29, 0.717) is 6.42 Å². The third-order valence-corrected chi connectivity index (χ3v) is 7.69. The van der Waals surface area contributed by atoms with Gasteiger partial charge in [-0.3, -0.25) is 4.79 Å². The van der Waals surface area contributed by atoms with E-state index in [9.17, 15) is 4.79 Å². The van der Waals surface area contributed by atoms with E-state index in [4.69, 9.17) is 0 Å². The maximum absolute atomic E-state index is 12.4. The summed E-state index contributed by atoms with van der Waals surface area (Å²) in [7, 11) is 0. The van der Waals surface area contributed by atoms with E-state index < -0.39 is 0 Å². The number of nitrogens with zero attached hydrogens (tertiary/aromatic N) is 1. The minimum absolute atomic E-state index is 0.108. The van der Waals surface area contributed by atoms with Crippen molar-refractivity contribution in [2.75, 3.05) is 0 Å². The SMILES string of the molecule is C#CC.C=C1CC(S)C(=O)N1C(C)(C)CCC(C)(C)C(C)(C)C(C)(C)C.CC.CC.CCCC. The first-order valence-corrected chi connectivity index (χ1v) is 14.0. The van der Waals surface area contributed by atoms with E-state index in [2.05, 4.69) is 108 Å². The van der Waals surface area contributed by atoms with Gasteiger partial charge in [0.25, 0.3) is 0 Å². The minimum Gasteiger partial charge on any atom is -0.310 e. The fourth-order valence-electron chi connectivity index (χ4n) is 3.49. The molecule has 0 aromatic heterocycles. The summed E-state index contributed by atoms with van der Waals surface area (Å²) in [5.41, 5.74) is 1.29. The van der Waals surface area contributed by atoms with Crippen molar-refractivity contribution in [1.82, 2.24) is 4.90 Å². The number of thiol groups is 1. The fourth-order valence-corrected chi connectivity index (χ4v) is 3.82. The Kier molecular flexibility index (Phi) is 21.8. The second kappa shape index (κ2) is 18.4. The Hall–Kier alpha value is -0.880. The smallest absolute Gasteiger partial charge is 0.240 e. The maximum atomic E-state index is 12.4. The number of unbranched alkanes of at least 4 members (excludes halogenated alkanes) is 1. The highest BCUT2D eigenvalue weighted by Crippen LogP contribution is 2.54. The Morgan fingerprint density at radius 3 is 1.53 bits per heavy atom. The van der Waals surface area contributed by atoms with Crippen molar-refractivity contribution in [3.05, 3.63) is 12.3 Å². The fraction of sp³-hybridized carbons (Fsp3) is 0.839. The molecule has 1 rings (SSSR count). The molecule has 0 aliphatic carbocycles. The second-order valence-electron chi connectivity index (χ2n) is 11.3. The molecule has 0 radical (unpaired) electrons. The molecule has 1 aliphatic heterocycles. The highest BCUT2D eigenvalue weighted by atomic mass is 32.1. The number of rotatable bonds is 6. The topological polar surface area (TPSA) is 20.3 Å². The monoisotopic (exact) mass is 497 g/mol. The second-order valence-corrected chi connectivity index (χ2v) is 11.9. The summed E-state index contributed by atoms with van der Waals surface area (Å²) in [6, 6.07) is 0. The lowest BCUT2D eigenvalue weighted by Gasteiger charge is -2.52. The van der Waals surface area contributed by atoms with E-state index >= 15 is 0 Å². The van der Waals surface area contributed by atoms with E-state index in [1.165, 1.54) is 12.8 Å². The molecule has 0 aromatic carbocycles. The van der Waals surface area contributed by atoms with Crippen LogP contribution in [0.15, 0.2) is 12.3 Å². The molecular weight excluding hydrogens is 434 g/mol.